The molecule has 0 aliphatic rings. The second kappa shape index (κ2) is 8.00. The number of para-hydroxylation sites is 1. The Morgan fingerprint density at radius 2 is 1.95 bits per heavy atom. The van der Waals surface area contributed by atoms with Gasteiger partial charge in [-0.3, -0.25) is 5.43 Å². The zero-order valence-electron chi connectivity index (χ0n) is 11.5. The minimum absolute atomic E-state index is 0.0140. The third-order valence-corrected chi connectivity index (χ3v) is 4.02. The van der Waals surface area contributed by atoms with E-state index in [1.807, 2.05) is 6.92 Å². The maximum atomic E-state index is 12.2. The molecule has 0 unspecified atom stereocenters. The zero-order chi connectivity index (χ0) is 15.7. The highest BCUT2D eigenvalue weighted by atomic mass is 32.2. The molecule has 0 fully saturated rings. The van der Waals surface area contributed by atoms with Crippen molar-refractivity contribution in [1.29, 1.82) is 10.5 Å². The molecule has 0 amide bonds. The molecule has 8 heteroatoms. The fraction of sp³-hybridized carbons (Fsp3) is 0.308. The van der Waals surface area contributed by atoms with Gasteiger partial charge in [0.25, 0.3) is 0 Å². The number of unbranched alkanes of at least 4 members (excludes halogenated alkanes) is 1. The van der Waals surface area contributed by atoms with E-state index in [1.165, 1.54) is 12.1 Å². The predicted octanol–water partition coefficient (Wildman–Crippen LogP) is 1.58. The average Bonchev–Trinajstić information content (AvgIpc) is 2.49. The quantitative estimate of drug-likeness (QED) is 0.450. The molecular weight excluding hydrogens is 290 g/mol. The van der Waals surface area contributed by atoms with Crippen molar-refractivity contribution in [2.45, 2.75) is 24.7 Å². The van der Waals surface area contributed by atoms with E-state index in [9.17, 15) is 8.42 Å². The van der Waals surface area contributed by atoms with Crippen LogP contribution in [-0.4, -0.2) is 20.7 Å². The molecule has 0 aliphatic heterocycles. The van der Waals surface area contributed by atoms with Gasteiger partial charge in [-0.15, -0.1) is 0 Å². The number of hydrogen-bond donors (Lipinski definition) is 2. The molecule has 1 aromatic rings. The number of sulfonamides is 1. The van der Waals surface area contributed by atoms with Crippen LogP contribution in [0.1, 0.15) is 19.8 Å². The molecule has 0 saturated carbocycles. The van der Waals surface area contributed by atoms with Crippen molar-refractivity contribution in [3.63, 3.8) is 0 Å². The van der Waals surface area contributed by atoms with Crippen molar-refractivity contribution in [2.24, 2.45) is 5.10 Å². The Morgan fingerprint density at radius 1 is 1.29 bits per heavy atom. The van der Waals surface area contributed by atoms with Crippen molar-refractivity contribution < 1.29 is 8.42 Å². The van der Waals surface area contributed by atoms with E-state index in [0.717, 1.165) is 12.8 Å². The molecule has 21 heavy (non-hydrogen) atoms. The van der Waals surface area contributed by atoms with Crippen LogP contribution < -0.4 is 10.1 Å². The van der Waals surface area contributed by atoms with Gasteiger partial charge in [-0.1, -0.05) is 25.5 Å². The summed E-state index contributed by atoms with van der Waals surface area (Å²) in [5, 5.41) is 20.8. The van der Waals surface area contributed by atoms with E-state index in [-0.39, 0.29) is 16.3 Å². The van der Waals surface area contributed by atoms with Crippen LogP contribution in [0, 0.1) is 22.7 Å². The first-order valence-corrected chi connectivity index (χ1v) is 7.76. The predicted molar refractivity (Wildman–Crippen MR) is 78.8 cm³/mol. The molecule has 2 N–H and O–H groups in total. The van der Waals surface area contributed by atoms with E-state index >= 15 is 0 Å². The first-order chi connectivity index (χ1) is 10.0. The Kier molecular flexibility index (Phi) is 6.34. The van der Waals surface area contributed by atoms with Crippen LogP contribution in [0.3, 0.4) is 0 Å². The van der Waals surface area contributed by atoms with Crippen molar-refractivity contribution in [3.05, 3.63) is 24.3 Å². The standard InChI is InChI=1S/C13H15N5O2S/c1-2-3-8-16-21(19,20)13-7-5-4-6-12(13)18-17-11(9-14)10-15/h4-7,16,18H,2-3,8H2,1H3. The van der Waals surface area contributed by atoms with Gasteiger partial charge < -0.3 is 0 Å². The second-order valence-electron chi connectivity index (χ2n) is 4.04. The van der Waals surface area contributed by atoms with Gasteiger partial charge in [-0.05, 0) is 18.6 Å². The van der Waals surface area contributed by atoms with Crippen LogP contribution in [0.2, 0.25) is 0 Å². The lowest BCUT2D eigenvalue weighted by Gasteiger charge is -2.10. The maximum absolute atomic E-state index is 12.2. The molecule has 110 valence electrons. The first-order valence-electron chi connectivity index (χ1n) is 6.27. The van der Waals surface area contributed by atoms with Gasteiger partial charge in [0.1, 0.15) is 17.0 Å². The van der Waals surface area contributed by atoms with Crippen LogP contribution in [0.4, 0.5) is 5.69 Å². The van der Waals surface area contributed by atoms with E-state index in [2.05, 4.69) is 15.2 Å². The Labute approximate surface area is 123 Å². The van der Waals surface area contributed by atoms with Crippen LogP contribution in [0.5, 0.6) is 0 Å². The summed E-state index contributed by atoms with van der Waals surface area (Å²) in [6.07, 6.45) is 1.61. The summed E-state index contributed by atoms with van der Waals surface area (Å²) in [6.45, 7) is 2.31. The maximum Gasteiger partial charge on any atom is 0.242 e. The minimum Gasteiger partial charge on any atom is -0.275 e. The Hall–Kier alpha value is -2.42. The van der Waals surface area contributed by atoms with Crippen molar-refractivity contribution in [1.82, 2.24) is 4.72 Å². The summed E-state index contributed by atoms with van der Waals surface area (Å²) in [4.78, 5) is 0.0140. The van der Waals surface area contributed by atoms with Gasteiger partial charge in [0.15, 0.2) is 0 Å². The van der Waals surface area contributed by atoms with Gasteiger partial charge in [-0.25, -0.2) is 13.1 Å². The lowest BCUT2D eigenvalue weighted by atomic mass is 10.3. The van der Waals surface area contributed by atoms with Crippen molar-refractivity contribution in [2.75, 3.05) is 12.0 Å². The number of nitrogens with zero attached hydrogens (tertiary/aromatic N) is 3. The summed E-state index contributed by atoms with van der Waals surface area (Å²) < 4.78 is 26.8. The largest absolute Gasteiger partial charge is 0.275 e. The van der Waals surface area contributed by atoms with Crippen LogP contribution in [-0.2, 0) is 10.0 Å². The van der Waals surface area contributed by atoms with Crippen molar-refractivity contribution in [3.8, 4) is 12.1 Å². The molecule has 0 aliphatic carbocycles. The number of nitrogens with one attached hydrogen (secondary N) is 2. The Morgan fingerprint density at radius 3 is 2.57 bits per heavy atom. The van der Waals surface area contributed by atoms with Crippen LogP contribution in [0.25, 0.3) is 0 Å². The second-order valence-corrected chi connectivity index (χ2v) is 5.78. The summed E-state index contributed by atoms with van der Waals surface area (Å²) in [6, 6.07) is 9.30. The highest BCUT2D eigenvalue weighted by molar-refractivity contribution is 7.89. The van der Waals surface area contributed by atoms with Gasteiger partial charge in [0.05, 0.1) is 5.69 Å². The topological polar surface area (TPSA) is 118 Å². The first kappa shape index (κ1) is 16.6. The van der Waals surface area contributed by atoms with Gasteiger partial charge in [0, 0.05) is 6.54 Å². The van der Waals surface area contributed by atoms with Crippen LogP contribution >= 0.6 is 0 Å². The molecule has 1 aromatic carbocycles. The molecule has 0 aromatic heterocycles. The average molecular weight is 305 g/mol. The monoisotopic (exact) mass is 305 g/mol. The molecule has 0 spiro atoms. The zero-order valence-corrected chi connectivity index (χ0v) is 12.3. The summed E-state index contributed by atoms with van der Waals surface area (Å²) in [7, 11) is -3.67. The number of hydrazone groups is 1. The highest BCUT2D eigenvalue weighted by Crippen LogP contribution is 2.20. The molecule has 0 radical (unpaired) electrons. The van der Waals surface area contributed by atoms with E-state index in [1.54, 1.807) is 24.3 Å². The van der Waals surface area contributed by atoms with Crippen molar-refractivity contribution >= 4 is 21.4 Å². The van der Waals surface area contributed by atoms with E-state index in [0.29, 0.717) is 6.54 Å². The summed E-state index contributed by atoms with van der Waals surface area (Å²) in [5.41, 5.74) is 2.25. The van der Waals surface area contributed by atoms with Gasteiger partial charge in [-0.2, -0.15) is 15.6 Å². The number of hydrogen-bond acceptors (Lipinski definition) is 6. The molecule has 0 bridgehead atoms. The number of rotatable bonds is 7. The SMILES string of the molecule is CCCCNS(=O)(=O)c1ccccc1NN=C(C#N)C#N. The van der Waals surface area contributed by atoms with Gasteiger partial charge >= 0.3 is 0 Å². The molecule has 0 heterocycles. The fourth-order valence-electron chi connectivity index (χ4n) is 1.45. The highest BCUT2D eigenvalue weighted by Gasteiger charge is 2.17. The molecule has 0 atom stereocenters. The molecule has 1 rings (SSSR count). The normalized spacial score (nSPS) is 10.2. The summed E-state index contributed by atoms with van der Waals surface area (Å²) >= 11 is 0. The lowest BCUT2D eigenvalue weighted by Crippen LogP contribution is -2.25. The Balaban J connectivity index is 3.02. The molecule has 7 nitrogen and oxygen atoms in total. The molecular formula is C13H15N5O2S. The minimum atomic E-state index is -3.67. The van der Waals surface area contributed by atoms with E-state index in [4.69, 9.17) is 10.5 Å². The number of anilines is 1. The summed E-state index contributed by atoms with van der Waals surface area (Å²) in [5.74, 6) is 0. The smallest absolute Gasteiger partial charge is 0.242 e. The molecule has 0 saturated heterocycles. The van der Waals surface area contributed by atoms with E-state index < -0.39 is 10.0 Å². The third kappa shape index (κ3) is 4.88. The lowest BCUT2D eigenvalue weighted by molar-refractivity contribution is 0.578. The third-order valence-electron chi connectivity index (χ3n) is 2.50. The van der Waals surface area contributed by atoms with Crippen LogP contribution in [0.15, 0.2) is 34.3 Å². The van der Waals surface area contributed by atoms with Gasteiger partial charge in [0.2, 0.25) is 15.7 Å². The fourth-order valence-corrected chi connectivity index (χ4v) is 2.68. The number of benzene rings is 1. The number of nitriles is 2. The Bertz CT molecular complexity index is 682.